The molecular formula is C15H14F3NO2. The van der Waals surface area contributed by atoms with Gasteiger partial charge in [0.2, 0.25) is 0 Å². The summed E-state index contributed by atoms with van der Waals surface area (Å²) in [7, 11) is 1.36. The van der Waals surface area contributed by atoms with E-state index in [2.05, 4.69) is 0 Å². The predicted molar refractivity (Wildman–Crippen MR) is 71.7 cm³/mol. The van der Waals surface area contributed by atoms with E-state index in [-0.39, 0.29) is 18.1 Å². The summed E-state index contributed by atoms with van der Waals surface area (Å²) in [5.74, 6) is -1.89. The van der Waals surface area contributed by atoms with Crippen LogP contribution in [-0.4, -0.2) is 13.7 Å². The lowest BCUT2D eigenvalue weighted by molar-refractivity contribution is 0.287. The second-order valence-corrected chi connectivity index (χ2v) is 4.42. The van der Waals surface area contributed by atoms with E-state index in [0.717, 1.165) is 18.2 Å². The molecule has 0 bridgehead atoms. The first-order chi connectivity index (χ1) is 9.99. The predicted octanol–water partition coefficient (Wildman–Crippen LogP) is 3.19. The highest BCUT2D eigenvalue weighted by Gasteiger charge is 2.11. The van der Waals surface area contributed by atoms with Crippen LogP contribution in [0.25, 0.3) is 0 Å². The van der Waals surface area contributed by atoms with Crippen LogP contribution >= 0.6 is 0 Å². The van der Waals surface area contributed by atoms with Gasteiger partial charge in [0.15, 0.2) is 11.6 Å². The monoisotopic (exact) mass is 297 g/mol. The second kappa shape index (κ2) is 6.49. The summed E-state index contributed by atoms with van der Waals surface area (Å²) in [6.45, 7) is -0.0470. The minimum Gasteiger partial charge on any atom is -0.494 e. The van der Waals surface area contributed by atoms with Crippen LogP contribution in [0.15, 0.2) is 36.4 Å². The Bertz CT molecular complexity index is 614. The number of benzene rings is 2. The average Bonchev–Trinajstić information content (AvgIpc) is 2.43. The maximum atomic E-state index is 13.6. The number of methoxy groups -OCH3 is 1. The van der Waals surface area contributed by atoms with Gasteiger partial charge in [-0.3, -0.25) is 0 Å². The molecule has 0 radical (unpaired) electrons. The highest BCUT2D eigenvalue weighted by Crippen LogP contribution is 2.22. The smallest absolute Gasteiger partial charge is 0.165 e. The normalized spacial score (nSPS) is 12.0. The molecule has 0 fully saturated rings. The van der Waals surface area contributed by atoms with Gasteiger partial charge in [0, 0.05) is 18.2 Å². The molecule has 0 amide bonds. The third-order valence-electron chi connectivity index (χ3n) is 2.87. The lowest BCUT2D eigenvalue weighted by Gasteiger charge is -2.14. The molecule has 0 saturated carbocycles. The minimum atomic E-state index is -0.742. The van der Waals surface area contributed by atoms with Crippen molar-refractivity contribution < 1.29 is 22.6 Å². The Labute approximate surface area is 120 Å². The van der Waals surface area contributed by atoms with Crippen molar-refractivity contribution >= 4 is 0 Å². The molecule has 1 atom stereocenters. The molecule has 0 saturated heterocycles. The quantitative estimate of drug-likeness (QED) is 0.921. The summed E-state index contributed by atoms with van der Waals surface area (Å²) in [5, 5.41) is 0. The molecule has 0 heterocycles. The Morgan fingerprint density at radius 1 is 1.05 bits per heavy atom. The van der Waals surface area contributed by atoms with E-state index >= 15 is 0 Å². The minimum absolute atomic E-state index is 0.0249. The van der Waals surface area contributed by atoms with E-state index in [1.165, 1.54) is 19.2 Å². The van der Waals surface area contributed by atoms with Gasteiger partial charge in [-0.2, -0.15) is 0 Å². The van der Waals surface area contributed by atoms with Crippen molar-refractivity contribution in [3.8, 4) is 11.5 Å². The Hall–Kier alpha value is -2.21. The first kappa shape index (κ1) is 15.2. The summed E-state index contributed by atoms with van der Waals surface area (Å²) in [6, 6.07) is 6.48. The Morgan fingerprint density at radius 2 is 1.71 bits per heavy atom. The van der Waals surface area contributed by atoms with Crippen LogP contribution in [0.5, 0.6) is 11.5 Å². The zero-order chi connectivity index (χ0) is 15.4. The van der Waals surface area contributed by atoms with Crippen LogP contribution in [0, 0.1) is 17.5 Å². The largest absolute Gasteiger partial charge is 0.494 e. The van der Waals surface area contributed by atoms with Crippen LogP contribution in [0.2, 0.25) is 0 Å². The van der Waals surface area contributed by atoms with Crippen LogP contribution in [-0.2, 0) is 0 Å². The standard InChI is InChI=1S/C15H14F3NO2/c1-20-15-3-2-9(4-13(15)18)14(19)8-21-12-6-10(16)5-11(17)7-12/h2-7,14H,8,19H2,1H3. The maximum Gasteiger partial charge on any atom is 0.165 e. The zero-order valence-corrected chi connectivity index (χ0v) is 11.3. The number of nitrogens with two attached hydrogens (primary N) is 1. The molecule has 1 unspecified atom stereocenters. The first-order valence-corrected chi connectivity index (χ1v) is 6.17. The molecule has 2 aromatic carbocycles. The summed E-state index contributed by atoms with van der Waals surface area (Å²) in [6.07, 6.45) is 0. The molecule has 6 heteroatoms. The van der Waals surface area contributed by atoms with Crippen molar-refractivity contribution in [1.29, 1.82) is 0 Å². The Morgan fingerprint density at radius 3 is 2.29 bits per heavy atom. The molecule has 21 heavy (non-hydrogen) atoms. The van der Waals surface area contributed by atoms with Gasteiger partial charge in [-0.1, -0.05) is 6.07 Å². The van der Waals surface area contributed by atoms with Gasteiger partial charge in [-0.05, 0) is 17.7 Å². The van der Waals surface area contributed by atoms with Gasteiger partial charge in [0.05, 0.1) is 13.2 Å². The number of halogens is 3. The van der Waals surface area contributed by atoms with Crippen molar-refractivity contribution in [2.24, 2.45) is 5.73 Å². The maximum absolute atomic E-state index is 13.6. The molecule has 2 aromatic rings. The van der Waals surface area contributed by atoms with Gasteiger partial charge >= 0.3 is 0 Å². The summed E-state index contributed by atoms with van der Waals surface area (Å²) in [5.41, 5.74) is 6.35. The summed E-state index contributed by atoms with van der Waals surface area (Å²) < 4.78 is 49.6. The van der Waals surface area contributed by atoms with E-state index in [4.69, 9.17) is 15.2 Å². The molecular weight excluding hydrogens is 283 g/mol. The lowest BCUT2D eigenvalue weighted by Crippen LogP contribution is -2.19. The van der Waals surface area contributed by atoms with Crippen molar-refractivity contribution in [2.75, 3.05) is 13.7 Å². The summed E-state index contributed by atoms with van der Waals surface area (Å²) >= 11 is 0. The third kappa shape index (κ3) is 3.88. The Balaban J connectivity index is 2.04. The molecule has 0 aromatic heterocycles. The summed E-state index contributed by atoms with van der Waals surface area (Å²) in [4.78, 5) is 0. The van der Waals surface area contributed by atoms with Crippen LogP contribution in [0.1, 0.15) is 11.6 Å². The van der Waals surface area contributed by atoms with Gasteiger partial charge in [-0.15, -0.1) is 0 Å². The van der Waals surface area contributed by atoms with Crippen molar-refractivity contribution in [3.63, 3.8) is 0 Å². The Kier molecular flexibility index (Phi) is 4.70. The average molecular weight is 297 g/mol. The van der Waals surface area contributed by atoms with Gasteiger partial charge < -0.3 is 15.2 Å². The fraction of sp³-hybridized carbons (Fsp3) is 0.200. The highest BCUT2D eigenvalue weighted by atomic mass is 19.1. The van der Waals surface area contributed by atoms with Gasteiger partial charge in [0.25, 0.3) is 0 Å². The highest BCUT2D eigenvalue weighted by molar-refractivity contribution is 5.31. The second-order valence-electron chi connectivity index (χ2n) is 4.42. The van der Waals surface area contributed by atoms with Crippen molar-refractivity contribution in [3.05, 3.63) is 59.4 Å². The van der Waals surface area contributed by atoms with Crippen molar-refractivity contribution in [1.82, 2.24) is 0 Å². The van der Waals surface area contributed by atoms with E-state index < -0.39 is 23.5 Å². The van der Waals surface area contributed by atoms with E-state index in [1.54, 1.807) is 6.07 Å². The van der Waals surface area contributed by atoms with Gasteiger partial charge in [0.1, 0.15) is 24.0 Å². The number of hydrogen-bond donors (Lipinski definition) is 1. The van der Waals surface area contributed by atoms with Crippen LogP contribution in [0.3, 0.4) is 0 Å². The van der Waals surface area contributed by atoms with Crippen LogP contribution < -0.4 is 15.2 Å². The molecule has 0 spiro atoms. The molecule has 0 aliphatic carbocycles. The topological polar surface area (TPSA) is 44.5 Å². The van der Waals surface area contributed by atoms with E-state index in [9.17, 15) is 13.2 Å². The van der Waals surface area contributed by atoms with Gasteiger partial charge in [-0.25, -0.2) is 13.2 Å². The fourth-order valence-electron chi connectivity index (χ4n) is 1.81. The van der Waals surface area contributed by atoms with E-state index in [0.29, 0.717) is 5.56 Å². The number of hydrogen-bond acceptors (Lipinski definition) is 3. The van der Waals surface area contributed by atoms with E-state index in [1.807, 2.05) is 0 Å². The zero-order valence-electron chi connectivity index (χ0n) is 11.3. The molecule has 0 aliphatic rings. The SMILES string of the molecule is COc1ccc(C(N)COc2cc(F)cc(F)c2)cc1F. The molecule has 112 valence electrons. The molecule has 0 aliphatic heterocycles. The third-order valence-corrected chi connectivity index (χ3v) is 2.87. The lowest BCUT2D eigenvalue weighted by atomic mass is 10.1. The first-order valence-electron chi connectivity index (χ1n) is 6.17. The number of ether oxygens (including phenoxy) is 2. The molecule has 3 nitrogen and oxygen atoms in total. The number of rotatable bonds is 5. The fourth-order valence-corrected chi connectivity index (χ4v) is 1.81. The van der Waals surface area contributed by atoms with Crippen molar-refractivity contribution in [2.45, 2.75) is 6.04 Å². The molecule has 2 N–H and O–H groups in total. The molecule has 2 rings (SSSR count). The van der Waals surface area contributed by atoms with Crippen LogP contribution in [0.4, 0.5) is 13.2 Å².